The second-order valence-electron chi connectivity index (χ2n) is 9.06. The van der Waals surface area contributed by atoms with Crippen LogP contribution in [0.15, 0.2) is 46.9 Å². The molecule has 1 N–H and O–H groups in total. The molecule has 0 heterocycles. The van der Waals surface area contributed by atoms with E-state index in [0.717, 1.165) is 23.7 Å². The van der Waals surface area contributed by atoms with Crippen LogP contribution in [0.5, 0.6) is 0 Å². The fourth-order valence-electron chi connectivity index (χ4n) is 4.28. The third-order valence-corrected chi connectivity index (χ3v) is 6.93. The molecule has 0 radical (unpaired) electrons. The Kier molecular flexibility index (Phi) is 9.14. The maximum atomic E-state index is 13.0. The first-order chi connectivity index (χ1) is 16.2. The van der Waals surface area contributed by atoms with Crippen molar-refractivity contribution < 1.29 is 23.9 Å². The number of rotatable bonds is 7. The summed E-state index contributed by atoms with van der Waals surface area (Å²) in [6.07, 6.45) is 2.74. The van der Waals surface area contributed by atoms with E-state index in [2.05, 4.69) is 42.0 Å². The van der Waals surface area contributed by atoms with Gasteiger partial charge in [-0.1, -0.05) is 66.9 Å². The zero-order valence-electron chi connectivity index (χ0n) is 19.5. The second kappa shape index (κ2) is 11.8. The van der Waals surface area contributed by atoms with Crippen molar-refractivity contribution in [2.24, 2.45) is 17.8 Å². The van der Waals surface area contributed by atoms with E-state index >= 15 is 0 Å². The minimum absolute atomic E-state index is 0.0620. The van der Waals surface area contributed by atoms with Crippen molar-refractivity contribution in [2.45, 2.75) is 46.1 Å². The maximum Gasteiger partial charge on any atom is 0.339 e. The van der Waals surface area contributed by atoms with Crippen LogP contribution in [0, 0.1) is 17.8 Å². The van der Waals surface area contributed by atoms with E-state index in [-0.39, 0.29) is 23.1 Å². The summed E-state index contributed by atoms with van der Waals surface area (Å²) in [6.45, 7) is 5.91. The van der Waals surface area contributed by atoms with Crippen LogP contribution in [0.3, 0.4) is 0 Å². The highest BCUT2D eigenvalue weighted by atomic mass is 79.9. The van der Waals surface area contributed by atoms with Crippen molar-refractivity contribution in [1.82, 2.24) is 0 Å². The molecule has 0 saturated heterocycles. The first-order valence-corrected chi connectivity index (χ1v) is 12.5. The van der Waals surface area contributed by atoms with Crippen LogP contribution < -0.4 is 5.32 Å². The van der Waals surface area contributed by atoms with Gasteiger partial charge in [0.2, 0.25) is 0 Å². The van der Waals surface area contributed by atoms with Crippen LogP contribution in [-0.4, -0.2) is 30.6 Å². The Morgan fingerprint density at radius 1 is 1.09 bits per heavy atom. The number of esters is 2. The zero-order chi connectivity index (χ0) is 24.8. The minimum Gasteiger partial charge on any atom is -0.458 e. The largest absolute Gasteiger partial charge is 0.458 e. The van der Waals surface area contributed by atoms with Gasteiger partial charge in [0.25, 0.3) is 5.91 Å². The third-order valence-electron chi connectivity index (χ3n) is 6.13. The Morgan fingerprint density at radius 2 is 1.76 bits per heavy atom. The highest BCUT2D eigenvalue weighted by Gasteiger charge is 2.34. The van der Waals surface area contributed by atoms with E-state index in [1.54, 1.807) is 30.3 Å². The Morgan fingerprint density at radius 3 is 2.41 bits per heavy atom. The van der Waals surface area contributed by atoms with Gasteiger partial charge in [0.1, 0.15) is 6.10 Å². The molecule has 2 aromatic rings. The number of carbonyl (C=O) groups excluding carboxylic acids is 3. The molecule has 182 valence electrons. The summed E-state index contributed by atoms with van der Waals surface area (Å²) < 4.78 is 11.8. The van der Waals surface area contributed by atoms with Crippen LogP contribution in [-0.2, 0) is 14.3 Å². The molecule has 1 fully saturated rings. The number of nitrogens with one attached hydrogen (secondary N) is 1. The van der Waals surface area contributed by atoms with Gasteiger partial charge >= 0.3 is 11.9 Å². The fourth-order valence-corrected chi connectivity index (χ4v) is 5.00. The summed E-state index contributed by atoms with van der Waals surface area (Å²) in [7, 11) is 0. The smallest absolute Gasteiger partial charge is 0.339 e. The highest BCUT2D eigenvalue weighted by Crippen LogP contribution is 2.36. The van der Waals surface area contributed by atoms with Crippen molar-refractivity contribution in [3.63, 3.8) is 0 Å². The van der Waals surface area contributed by atoms with Crippen molar-refractivity contribution >= 4 is 51.1 Å². The van der Waals surface area contributed by atoms with Crippen LogP contribution >= 0.6 is 27.5 Å². The molecule has 6 nitrogen and oxygen atoms in total. The molecule has 0 spiro atoms. The van der Waals surface area contributed by atoms with Crippen LogP contribution in [0.4, 0.5) is 5.69 Å². The lowest BCUT2D eigenvalue weighted by molar-refractivity contribution is -0.119. The molecular weight excluding hydrogens is 522 g/mol. The number of ether oxygens (including phenoxy) is 2. The monoisotopic (exact) mass is 549 g/mol. The molecule has 0 unspecified atom stereocenters. The summed E-state index contributed by atoms with van der Waals surface area (Å²) in [5.41, 5.74) is 0.591. The summed E-state index contributed by atoms with van der Waals surface area (Å²) >= 11 is 9.40. The molecule has 0 aromatic heterocycles. The predicted octanol–water partition coefficient (Wildman–Crippen LogP) is 6.52. The second-order valence-corrected chi connectivity index (χ2v) is 10.4. The molecule has 3 rings (SSSR count). The Balaban J connectivity index is 1.65. The van der Waals surface area contributed by atoms with Crippen LogP contribution in [0.25, 0.3) is 0 Å². The lowest BCUT2D eigenvalue weighted by Crippen LogP contribution is -2.36. The average Bonchev–Trinajstić information content (AvgIpc) is 2.79. The van der Waals surface area contributed by atoms with Gasteiger partial charge in [0.05, 0.1) is 21.8 Å². The number of amides is 1. The van der Waals surface area contributed by atoms with E-state index in [1.807, 2.05) is 0 Å². The predicted molar refractivity (Wildman–Crippen MR) is 135 cm³/mol. The standard InChI is InChI=1S/C26H29BrClNO5/c1-15(2)18-10-8-16(3)12-23(18)34-26(32)20-7-5-4-6-19(20)25(31)33-14-24(30)29-22-11-9-17(27)13-21(22)28/h4-7,9,11,13,15-16,18,23H,8,10,12,14H2,1-3H3,(H,29,30)/t16-,18+,23-/m1/s1. The van der Waals surface area contributed by atoms with Gasteiger partial charge in [-0.3, -0.25) is 4.79 Å². The molecule has 1 amide bonds. The summed E-state index contributed by atoms with van der Waals surface area (Å²) in [6, 6.07) is 11.3. The molecule has 0 aliphatic heterocycles. The number of halogens is 2. The number of carbonyl (C=O) groups is 3. The highest BCUT2D eigenvalue weighted by molar-refractivity contribution is 9.10. The lowest BCUT2D eigenvalue weighted by atomic mass is 9.75. The first kappa shape index (κ1) is 26.2. The normalized spacial score (nSPS) is 20.0. The van der Waals surface area contributed by atoms with Gasteiger partial charge in [0, 0.05) is 4.47 Å². The summed E-state index contributed by atoms with van der Waals surface area (Å²) in [5.74, 6) is -0.721. The maximum absolute atomic E-state index is 13.0. The molecule has 8 heteroatoms. The Labute approximate surface area is 213 Å². The summed E-state index contributed by atoms with van der Waals surface area (Å²) in [4.78, 5) is 38.0. The molecule has 2 aromatic carbocycles. The fraction of sp³-hybridized carbons (Fsp3) is 0.423. The lowest BCUT2D eigenvalue weighted by Gasteiger charge is -2.36. The van der Waals surface area contributed by atoms with E-state index in [0.29, 0.717) is 22.5 Å². The van der Waals surface area contributed by atoms with Crippen LogP contribution in [0.2, 0.25) is 5.02 Å². The van der Waals surface area contributed by atoms with Gasteiger partial charge in [-0.25, -0.2) is 9.59 Å². The molecule has 1 aliphatic carbocycles. The third kappa shape index (κ3) is 6.83. The minimum atomic E-state index is -0.776. The van der Waals surface area contributed by atoms with Gasteiger partial charge in [-0.15, -0.1) is 0 Å². The Hall–Kier alpha value is -2.38. The Bertz CT molecular complexity index is 1060. The molecule has 1 saturated carbocycles. The molecule has 3 atom stereocenters. The number of hydrogen-bond acceptors (Lipinski definition) is 5. The number of anilines is 1. The van der Waals surface area contributed by atoms with E-state index < -0.39 is 24.5 Å². The van der Waals surface area contributed by atoms with Gasteiger partial charge in [-0.2, -0.15) is 0 Å². The quantitative estimate of drug-likeness (QED) is 0.397. The van der Waals surface area contributed by atoms with E-state index in [4.69, 9.17) is 21.1 Å². The van der Waals surface area contributed by atoms with Gasteiger partial charge in [0.15, 0.2) is 6.61 Å². The summed E-state index contributed by atoms with van der Waals surface area (Å²) in [5, 5.41) is 2.94. The van der Waals surface area contributed by atoms with Crippen molar-refractivity contribution in [1.29, 1.82) is 0 Å². The number of hydrogen-bond donors (Lipinski definition) is 1. The van der Waals surface area contributed by atoms with E-state index in [1.165, 1.54) is 12.1 Å². The first-order valence-electron chi connectivity index (χ1n) is 11.4. The average molecular weight is 551 g/mol. The van der Waals surface area contributed by atoms with Gasteiger partial charge in [-0.05, 0) is 60.9 Å². The number of benzene rings is 2. The molecule has 34 heavy (non-hydrogen) atoms. The van der Waals surface area contributed by atoms with Crippen molar-refractivity contribution in [2.75, 3.05) is 11.9 Å². The van der Waals surface area contributed by atoms with Crippen molar-refractivity contribution in [3.05, 3.63) is 63.1 Å². The molecule has 1 aliphatic rings. The SMILES string of the molecule is CC(C)[C@@H]1CC[C@@H](C)C[C@H]1OC(=O)c1ccccc1C(=O)OCC(=O)Nc1ccc(Br)cc1Cl. The molecular formula is C26H29BrClNO5. The zero-order valence-corrected chi connectivity index (χ0v) is 21.8. The van der Waals surface area contributed by atoms with Crippen molar-refractivity contribution in [3.8, 4) is 0 Å². The van der Waals surface area contributed by atoms with Gasteiger partial charge < -0.3 is 14.8 Å². The van der Waals surface area contributed by atoms with Crippen LogP contribution in [0.1, 0.15) is 60.7 Å². The van der Waals surface area contributed by atoms with E-state index in [9.17, 15) is 14.4 Å². The topological polar surface area (TPSA) is 81.7 Å². The molecule has 0 bridgehead atoms.